The number of nitrogens with zero attached hydrogens (tertiary/aromatic N) is 4. The number of urea groups is 1. The summed E-state index contributed by atoms with van der Waals surface area (Å²) in [5, 5.41) is -0.302. The Morgan fingerprint density at radius 2 is 1.82 bits per heavy atom. The molecule has 2 aliphatic rings. The van der Waals surface area contributed by atoms with Crippen molar-refractivity contribution in [3.05, 3.63) is 77.5 Å². The van der Waals surface area contributed by atoms with Crippen molar-refractivity contribution in [2.75, 3.05) is 23.0 Å². The molecule has 0 saturated carbocycles. The zero-order chi connectivity index (χ0) is 27.6. The van der Waals surface area contributed by atoms with Crippen LogP contribution in [0.3, 0.4) is 0 Å². The standard InChI is InChI=1S/C29H34N4O5S/c1-4-5-13-22-14-9-10-15-25(22)32-17-23-16-30-27(39(35,36)20-21-11-7-6-8-12-21)31-26(23)33(28(32)34)18-24-19-37-29(2,3)38-24/h6-12,14-16,24H,4-5,13,17-20H2,1-3H3/t24-/m0/s1. The van der Waals surface area contributed by atoms with E-state index in [4.69, 9.17) is 9.47 Å². The number of fused-ring (bicyclic) bond motifs is 1. The fourth-order valence-electron chi connectivity index (χ4n) is 4.97. The molecule has 3 aromatic rings. The van der Waals surface area contributed by atoms with Crippen molar-refractivity contribution in [3.8, 4) is 0 Å². The van der Waals surface area contributed by atoms with E-state index in [0.29, 0.717) is 17.7 Å². The third-order valence-electron chi connectivity index (χ3n) is 6.88. The molecule has 0 spiro atoms. The molecular weight excluding hydrogens is 516 g/mol. The maximum absolute atomic E-state index is 14.1. The summed E-state index contributed by atoms with van der Waals surface area (Å²) in [6, 6.07) is 16.5. The van der Waals surface area contributed by atoms with Crippen molar-refractivity contribution in [1.29, 1.82) is 0 Å². The smallest absolute Gasteiger partial charge is 0.330 e. The van der Waals surface area contributed by atoms with Gasteiger partial charge in [0.25, 0.3) is 0 Å². The number of anilines is 2. The molecule has 1 atom stereocenters. The summed E-state index contributed by atoms with van der Waals surface area (Å²) in [5.41, 5.74) is 3.22. The van der Waals surface area contributed by atoms with E-state index in [1.807, 2.05) is 44.2 Å². The van der Waals surface area contributed by atoms with Crippen LogP contribution in [0.25, 0.3) is 0 Å². The number of carbonyl (C=O) groups excluding carboxylic acids is 1. The molecule has 2 amide bonds. The van der Waals surface area contributed by atoms with Gasteiger partial charge >= 0.3 is 6.03 Å². The summed E-state index contributed by atoms with van der Waals surface area (Å²) in [4.78, 5) is 26.0. The lowest BCUT2D eigenvalue weighted by Crippen LogP contribution is -2.51. The summed E-state index contributed by atoms with van der Waals surface area (Å²) >= 11 is 0. The fourth-order valence-corrected chi connectivity index (χ4v) is 6.17. The van der Waals surface area contributed by atoms with Crippen molar-refractivity contribution in [3.63, 3.8) is 0 Å². The molecular formula is C29H34N4O5S. The summed E-state index contributed by atoms with van der Waals surface area (Å²) in [5.74, 6) is -0.711. The molecule has 10 heteroatoms. The van der Waals surface area contributed by atoms with Gasteiger partial charge in [0.1, 0.15) is 11.9 Å². The second-order valence-electron chi connectivity index (χ2n) is 10.4. The molecule has 0 radical (unpaired) electrons. The highest BCUT2D eigenvalue weighted by atomic mass is 32.2. The molecule has 1 aromatic heterocycles. The van der Waals surface area contributed by atoms with E-state index < -0.39 is 21.7 Å². The Labute approximate surface area is 229 Å². The van der Waals surface area contributed by atoms with Crippen molar-refractivity contribution in [1.82, 2.24) is 9.97 Å². The van der Waals surface area contributed by atoms with E-state index in [9.17, 15) is 13.2 Å². The average Bonchev–Trinajstić information content (AvgIpc) is 3.27. The van der Waals surface area contributed by atoms with Gasteiger partial charge in [-0.1, -0.05) is 61.9 Å². The maximum atomic E-state index is 14.1. The predicted octanol–water partition coefficient (Wildman–Crippen LogP) is 4.89. The average molecular weight is 551 g/mol. The van der Waals surface area contributed by atoms with Crippen LogP contribution >= 0.6 is 0 Å². The highest BCUT2D eigenvalue weighted by Gasteiger charge is 2.40. The highest BCUT2D eigenvalue weighted by Crippen LogP contribution is 2.34. The van der Waals surface area contributed by atoms with Crippen LogP contribution in [0.1, 0.15) is 50.3 Å². The van der Waals surface area contributed by atoms with Crippen molar-refractivity contribution in [2.24, 2.45) is 0 Å². The van der Waals surface area contributed by atoms with Crippen LogP contribution < -0.4 is 9.80 Å². The number of carbonyl (C=O) groups is 1. The number of hydrogen-bond donors (Lipinski definition) is 0. The van der Waals surface area contributed by atoms with Gasteiger partial charge in [-0.15, -0.1) is 0 Å². The van der Waals surface area contributed by atoms with Crippen LogP contribution in [0.4, 0.5) is 16.3 Å². The number of para-hydroxylation sites is 1. The van der Waals surface area contributed by atoms with Crippen LogP contribution in [0.5, 0.6) is 0 Å². The molecule has 0 bridgehead atoms. The van der Waals surface area contributed by atoms with Crippen LogP contribution in [0.2, 0.25) is 0 Å². The lowest BCUT2D eigenvalue weighted by molar-refractivity contribution is -0.137. The van der Waals surface area contributed by atoms with E-state index in [1.165, 1.54) is 11.1 Å². The zero-order valence-electron chi connectivity index (χ0n) is 22.5. The van der Waals surface area contributed by atoms with E-state index in [-0.39, 0.29) is 35.8 Å². The van der Waals surface area contributed by atoms with Gasteiger partial charge in [0.15, 0.2) is 5.79 Å². The summed E-state index contributed by atoms with van der Waals surface area (Å²) in [7, 11) is -3.85. The van der Waals surface area contributed by atoms with Crippen molar-refractivity contribution >= 4 is 27.4 Å². The highest BCUT2D eigenvalue weighted by molar-refractivity contribution is 7.90. The number of ether oxygens (including phenoxy) is 2. The Morgan fingerprint density at radius 3 is 2.54 bits per heavy atom. The third-order valence-corrected chi connectivity index (χ3v) is 8.35. The number of aromatic nitrogens is 2. The van der Waals surface area contributed by atoms with Crippen molar-refractivity contribution in [2.45, 2.75) is 69.4 Å². The molecule has 5 rings (SSSR count). The summed E-state index contributed by atoms with van der Waals surface area (Å²) in [6.07, 6.45) is 4.03. The topological polar surface area (TPSA) is 102 Å². The molecule has 2 aliphatic heterocycles. The first-order valence-electron chi connectivity index (χ1n) is 13.3. The summed E-state index contributed by atoms with van der Waals surface area (Å²) < 4.78 is 38.3. The molecule has 0 aliphatic carbocycles. The lowest BCUT2D eigenvalue weighted by Gasteiger charge is -2.37. The van der Waals surface area contributed by atoms with Gasteiger partial charge in [0, 0.05) is 17.4 Å². The van der Waals surface area contributed by atoms with Gasteiger partial charge in [-0.3, -0.25) is 9.80 Å². The number of sulfone groups is 1. The quantitative estimate of drug-likeness (QED) is 0.350. The lowest BCUT2D eigenvalue weighted by atomic mass is 10.0. The summed E-state index contributed by atoms with van der Waals surface area (Å²) in [6.45, 7) is 6.50. The van der Waals surface area contributed by atoms with Crippen LogP contribution in [0, 0.1) is 0 Å². The molecule has 39 heavy (non-hydrogen) atoms. The molecule has 0 N–H and O–H groups in total. The Hall–Kier alpha value is -3.34. The largest absolute Gasteiger partial charge is 0.348 e. The molecule has 3 heterocycles. The number of amides is 2. The van der Waals surface area contributed by atoms with E-state index in [0.717, 1.165) is 30.5 Å². The Morgan fingerprint density at radius 1 is 1.08 bits per heavy atom. The monoisotopic (exact) mass is 550 g/mol. The zero-order valence-corrected chi connectivity index (χ0v) is 23.4. The third kappa shape index (κ3) is 5.98. The maximum Gasteiger partial charge on any atom is 0.330 e. The molecule has 0 unspecified atom stereocenters. The second kappa shape index (κ2) is 11.0. The minimum atomic E-state index is -3.85. The minimum Gasteiger partial charge on any atom is -0.348 e. The van der Waals surface area contributed by atoms with Gasteiger partial charge in [0.05, 0.1) is 25.4 Å². The number of benzene rings is 2. The van der Waals surface area contributed by atoms with E-state index in [1.54, 1.807) is 29.2 Å². The van der Waals surface area contributed by atoms with Gasteiger partial charge in [-0.2, -0.15) is 0 Å². The van der Waals surface area contributed by atoms with Gasteiger partial charge in [0.2, 0.25) is 15.0 Å². The molecule has 1 fully saturated rings. The van der Waals surface area contributed by atoms with Gasteiger partial charge in [-0.25, -0.2) is 23.2 Å². The predicted molar refractivity (Wildman–Crippen MR) is 148 cm³/mol. The normalized spacial score (nSPS) is 18.8. The second-order valence-corrected chi connectivity index (χ2v) is 12.3. The van der Waals surface area contributed by atoms with Gasteiger partial charge in [-0.05, 0) is 43.9 Å². The molecule has 9 nitrogen and oxygen atoms in total. The van der Waals surface area contributed by atoms with Crippen LogP contribution in [-0.2, 0) is 38.0 Å². The molecule has 206 valence electrons. The number of unbranched alkanes of at least 4 members (excludes halogenated alkanes) is 1. The first kappa shape index (κ1) is 27.2. The Bertz CT molecular complexity index is 1450. The first-order valence-corrected chi connectivity index (χ1v) is 14.9. The van der Waals surface area contributed by atoms with Crippen LogP contribution in [0.15, 0.2) is 66.0 Å². The minimum absolute atomic E-state index is 0.165. The Balaban J connectivity index is 1.52. The van der Waals surface area contributed by atoms with Gasteiger partial charge < -0.3 is 9.47 Å². The van der Waals surface area contributed by atoms with E-state index >= 15 is 0 Å². The van der Waals surface area contributed by atoms with Crippen molar-refractivity contribution < 1.29 is 22.7 Å². The van der Waals surface area contributed by atoms with E-state index in [2.05, 4.69) is 16.9 Å². The van der Waals surface area contributed by atoms with Crippen LogP contribution in [-0.4, -0.2) is 49.5 Å². The number of aryl methyl sites for hydroxylation is 1. The molecule has 2 aromatic carbocycles. The fraction of sp³-hybridized carbons (Fsp3) is 0.414. The Kier molecular flexibility index (Phi) is 7.70. The number of rotatable bonds is 9. The SMILES string of the molecule is CCCCc1ccccc1N1Cc2cnc(S(=O)(=O)Cc3ccccc3)nc2N(C[C@H]2COC(C)(C)O2)C1=O. The first-order chi connectivity index (χ1) is 18.7. The molecule has 1 saturated heterocycles. The number of hydrogen-bond acceptors (Lipinski definition) is 7.